The molecule has 0 saturated carbocycles. The van der Waals surface area contributed by atoms with Gasteiger partial charge in [0, 0.05) is 68.5 Å². The van der Waals surface area contributed by atoms with Crippen LogP contribution in [0.4, 0.5) is 4.79 Å². The molecule has 1 saturated heterocycles. The molecule has 2 aliphatic heterocycles. The molecule has 0 N–H and O–H groups in total. The first kappa shape index (κ1) is 22.1. The van der Waals surface area contributed by atoms with Gasteiger partial charge in [0.1, 0.15) is 18.0 Å². The Bertz CT molecular complexity index is 831. The zero-order valence-electron chi connectivity index (χ0n) is 16.5. The zero-order valence-corrected chi connectivity index (χ0v) is 21.0. The highest BCUT2D eigenvalue weighted by Crippen LogP contribution is 2.36. The highest BCUT2D eigenvalue weighted by molar-refractivity contribution is 14.2. The van der Waals surface area contributed by atoms with Gasteiger partial charge < -0.3 is 14.4 Å². The minimum atomic E-state index is -0.485. The van der Waals surface area contributed by atoms with Gasteiger partial charge in [0.15, 0.2) is 0 Å². The molecule has 1 aromatic rings. The molecule has 1 aromatic carbocycles. The lowest BCUT2D eigenvalue weighted by Gasteiger charge is -2.40. The average Bonchev–Trinajstić information content (AvgIpc) is 2.80. The quantitative estimate of drug-likeness (QED) is 0.321. The van der Waals surface area contributed by atoms with Crippen LogP contribution in [0.25, 0.3) is 0 Å². The van der Waals surface area contributed by atoms with Gasteiger partial charge in [0.25, 0.3) is 0 Å². The van der Waals surface area contributed by atoms with Crippen LogP contribution in [0.2, 0.25) is 0 Å². The van der Waals surface area contributed by atoms with Crippen LogP contribution in [0.15, 0.2) is 10.5 Å². The molecule has 0 radical (unpaired) electrons. The predicted octanol–water partition coefficient (Wildman–Crippen LogP) is 4.96. The fraction of sp³-hybridized carbons (Fsp3) is 0.550. The number of nitrogens with zero attached hydrogens (tertiary/aromatic N) is 2. The van der Waals surface area contributed by atoms with Gasteiger partial charge in [-0.1, -0.05) is 5.92 Å². The summed E-state index contributed by atoms with van der Waals surface area (Å²) in [7, 11) is 1.47. The van der Waals surface area contributed by atoms with E-state index in [0.717, 1.165) is 40.0 Å². The van der Waals surface area contributed by atoms with Crippen LogP contribution in [0.1, 0.15) is 37.5 Å². The molecule has 1 unspecified atom stereocenters. The molecule has 2 aliphatic rings. The third-order valence-corrected chi connectivity index (χ3v) is 6.65. The molecule has 3 rings (SSSR count). The SMILES string of the molecule is Cc1c(Br)c(C#CSI)cc2c1OCC1CN(C(=O)OC(C)(C)C)CCN1C2. The van der Waals surface area contributed by atoms with E-state index in [0.29, 0.717) is 19.7 Å². The van der Waals surface area contributed by atoms with Crippen molar-refractivity contribution in [3.05, 3.63) is 27.2 Å². The van der Waals surface area contributed by atoms with Gasteiger partial charge in [0.2, 0.25) is 0 Å². The van der Waals surface area contributed by atoms with Gasteiger partial charge in [-0.05, 0) is 63.9 Å². The van der Waals surface area contributed by atoms with Gasteiger partial charge in [-0.15, -0.1) is 0 Å². The fourth-order valence-corrected chi connectivity index (χ4v) is 4.35. The van der Waals surface area contributed by atoms with Crippen molar-refractivity contribution >= 4 is 52.2 Å². The third-order valence-electron chi connectivity index (χ3n) is 4.79. The first-order chi connectivity index (χ1) is 13.2. The fourth-order valence-electron chi connectivity index (χ4n) is 3.48. The molecule has 0 bridgehead atoms. The highest BCUT2D eigenvalue weighted by atomic mass is 127. The Labute approximate surface area is 191 Å². The number of hydrogen-bond donors (Lipinski definition) is 0. The average molecular weight is 579 g/mol. The molecule has 1 amide bonds. The summed E-state index contributed by atoms with van der Waals surface area (Å²) in [4.78, 5) is 16.6. The van der Waals surface area contributed by atoms with Gasteiger partial charge in [0.05, 0.1) is 6.04 Å². The minimum absolute atomic E-state index is 0.145. The summed E-state index contributed by atoms with van der Waals surface area (Å²) < 4.78 is 12.7. The van der Waals surface area contributed by atoms with E-state index in [1.807, 2.05) is 20.8 Å². The lowest BCUT2D eigenvalue weighted by Crippen LogP contribution is -2.56. The normalized spacial score (nSPS) is 19.5. The molecule has 0 aromatic heterocycles. The summed E-state index contributed by atoms with van der Waals surface area (Å²) in [6.45, 7) is 11.2. The monoisotopic (exact) mass is 578 g/mol. The second-order valence-corrected chi connectivity index (χ2v) is 10.5. The van der Waals surface area contributed by atoms with Crippen LogP contribution >= 0.6 is 46.1 Å². The van der Waals surface area contributed by atoms with E-state index < -0.39 is 5.60 Å². The number of benzene rings is 1. The number of carbonyl (C=O) groups is 1. The Morgan fingerprint density at radius 2 is 2.18 bits per heavy atom. The Morgan fingerprint density at radius 1 is 1.43 bits per heavy atom. The van der Waals surface area contributed by atoms with Crippen molar-refractivity contribution in [2.24, 2.45) is 0 Å². The van der Waals surface area contributed by atoms with E-state index in [9.17, 15) is 4.79 Å². The Morgan fingerprint density at radius 3 is 2.86 bits per heavy atom. The summed E-state index contributed by atoms with van der Waals surface area (Å²) in [5.41, 5.74) is 2.72. The highest BCUT2D eigenvalue weighted by Gasteiger charge is 2.35. The van der Waals surface area contributed by atoms with E-state index in [2.05, 4.69) is 66.2 Å². The molecule has 1 fully saturated rings. The maximum atomic E-state index is 12.5. The summed E-state index contributed by atoms with van der Waals surface area (Å²) in [5, 5.41) is 3.06. The van der Waals surface area contributed by atoms with Crippen LogP contribution in [0.5, 0.6) is 5.75 Å². The molecule has 28 heavy (non-hydrogen) atoms. The molecule has 5 nitrogen and oxygen atoms in total. The first-order valence-corrected chi connectivity index (χ1v) is 13.3. The topological polar surface area (TPSA) is 42.0 Å². The smallest absolute Gasteiger partial charge is 0.410 e. The van der Waals surface area contributed by atoms with Crippen LogP contribution in [0.3, 0.4) is 0 Å². The second-order valence-electron chi connectivity index (χ2n) is 8.02. The molecule has 0 aliphatic carbocycles. The standard InChI is InChI=1S/C20H24BrIN2O3S/c1-13-17(21)14(5-8-28-22)9-15-10-23-6-7-24(19(25)27-20(2,3)4)11-16(23)12-26-18(13)15/h9,16H,6-7,10-12H2,1-4H3. The number of hydrogen-bond acceptors (Lipinski definition) is 5. The maximum Gasteiger partial charge on any atom is 0.410 e. The maximum absolute atomic E-state index is 12.5. The third kappa shape index (κ3) is 5.10. The van der Waals surface area contributed by atoms with Crippen molar-refractivity contribution < 1.29 is 14.3 Å². The van der Waals surface area contributed by atoms with Crippen LogP contribution in [-0.2, 0) is 11.3 Å². The minimum Gasteiger partial charge on any atom is -0.491 e. The van der Waals surface area contributed by atoms with Gasteiger partial charge in [-0.25, -0.2) is 4.79 Å². The summed E-state index contributed by atoms with van der Waals surface area (Å²) in [5.74, 6) is 4.13. The number of rotatable bonds is 0. The van der Waals surface area contributed by atoms with Crippen molar-refractivity contribution in [1.29, 1.82) is 0 Å². The molecule has 2 heterocycles. The number of fused-ring (bicyclic) bond motifs is 2. The number of piperazine rings is 1. The van der Waals surface area contributed by atoms with Gasteiger partial charge in [-0.3, -0.25) is 4.90 Å². The molecular formula is C20H24BrIN2O3S. The number of ether oxygens (including phenoxy) is 2. The Kier molecular flexibility index (Phi) is 7.11. The van der Waals surface area contributed by atoms with Crippen molar-refractivity contribution in [1.82, 2.24) is 9.80 Å². The second kappa shape index (κ2) is 9.02. The van der Waals surface area contributed by atoms with Crippen LogP contribution in [0, 0.1) is 18.1 Å². The Hall–Kier alpha value is -0.630. The summed E-state index contributed by atoms with van der Waals surface area (Å²) in [6.07, 6.45) is -0.248. The summed E-state index contributed by atoms with van der Waals surface area (Å²) in [6, 6.07) is 2.26. The van der Waals surface area contributed by atoms with E-state index in [-0.39, 0.29) is 12.1 Å². The van der Waals surface area contributed by atoms with Crippen molar-refractivity contribution in [2.75, 3.05) is 26.2 Å². The number of carbonyl (C=O) groups excluding carboxylic acids is 1. The lowest BCUT2D eigenvalue weighted by molar-refractivity contribution is -0.00156. The van der Waals surface area contributed by atoms with Crippen molar-refractivity contribution in [3.63, 3.8) is 0 Å². The molecule has 1 atom stereocenters. The van der Waals surface area contributed by atoms with E-state index in [1.165, 1.54) is 8.93 Å². The van der Waals surface area contributed by atoms with E-state index in [4.69, 9.17) is 9.47 Å². The zero-order chi connectivity index (χ0) is 20.5. The predicted molar refractivity (Wildman–Crippen MR) is 125 cm³/mol. The first-order valence-electron chi connectivity index (χ1n) is 9.15. The molecular weight excluding hydrogens is 555 g/mol. The number of halogens is 2. The Balaban J connectivity index is 1.79. The number of amides is 1. The van der Waals surface area contributed by atoms with Gasteiger partial charge >= 0.3 is 6.09 Å². The van der Waals surface area contributed by atoms with Crippen LogP contribution in [-0.4, -0.2) is 53.8 Å². The van der Waals surface area contributed by atoms with Crippen LogP contribution < -0.4 is 4.74 Å². The van der Waals surface area contributed by atoms with Gasteiger partial charge in [-0.2, -0.15) is 0 Å². The molecule has 8 heteroatoms. The molecule has 0 spiro atoms. The summed E-state index contributed by atoms with van der Waals surface area (Å²) >= 11 is 5.85. The largest absolute Gasteiger partial charge is 0.491 e. The molecule has 152 valence electrons. The lowest BCUT2D eigenvalue weighted by atomic mass is 10.0. The van der Waals surface area contributed by atoms with Crippen molar-refractivity contribution in [2.45, 2.75) is 45.9 Å². The van der Waals surface area contributed by atoms with E-state index >= 15 is 0 Å². The van der Waals surface area contributed by atoms with Crippen molar-refractivity contribution in [3.8, 4) is 16.9 Å². The van der Waals surface area contributed by atoms with E-state index in [1.54, 1.807) is 4.90 Å².